The molecule has 2 aliphatic rings. The Morgan fingerprint density at radius 3 is 2.90 bits per heavy atom. The first-order valence-corrected chi connectivity index (χ1v) is 7.97. The summed E-state index contributed by atoms with van der Waals surface area (Å²) < 4.78 is 4.47. The van der Waals surface area contributed by atoms with E-state index in [1.807, 2.05) is 37.8 Å². The molecular weight excluding hydrogens is 336 g/mol. The number of aliphatic hydroxyl groups is 1. The van der Waals surface area contributed by atoms with Crippen molar-refractivity contribution in [2.45, 2.75) is 43.3 Å². The Morgan fingerprint density at radius 1 is 1.57 bits per heavy atom. The van der Waals surface area contributed by atoms with E-state index < -0.39 is 10.1 Å². The van der Waals surface area contributed by atoms with Crippen LogP contribution in [0.25, 0.3) is 0 Å². The van der Waals surface area contributed by atoms with E-state index in [9.17, 15) is 9.90 Å². The molecule has 5 nitrogen and oxygen atoms in total. The van der Waals surface area contributed by atoms with Crippen LogP contribution in [0, 0.1) is 0 Å². The van der Waals surface area contributed by atoms with E-state index >= 15 is 0 Å². The van der Waals surface area contributed by atoms with E-state index in [1.54, 1.807) is 6.08 Å². The van der Waals surface area contributed by atoms with Gasteiger partial charge in [-0.3, -0.25) is 0 Å². The molecule has 1 aliphatic carbocycles. The van der Waals surface area contributed by atoms with Crippen molar-refractivity contribution in [3.63, 3.8) is 0 Å². The zero-order valence-electron chi connectivity index (χ0n) is 12.7. The standard InChI is InChI=1S/C15H23BrN2O3/c1-14(2,3)21-13(19)12-10-17-7-8-18(12)11-5-4-6-15(16,20)9-11/h4-6,12,17,20H,7-10H2,1-3H3. The number of hydrogen-bond donors (Lipinski definition) is 2. The molecule has 21 heavy (non-hydrogen) atoms. The molecule has 0 aromatic rings. The molecule has 1 heterocycles. The van der Waals surface area contributed by atoms with Crippen molar-refractivity contribution in [2.75, 3.05) is 19.6 Å². The average Bonchev–Trinajstić information content (AvgIpc) is 2.35. The summed E-state index contributed by atoms with van der Waals surface area (Å²) in [4.78, 5) is 14.4. The van der Waals surface area contributed by atoms with Crippen LogP contribution in [0.1, 0.15) is 27.2 Å². The molecule has 0 saturated carbocycles. The van der Waals surface area contributed by atoms with Crippen LogP contribution in [-0.4, -0.2) is 51.8 Å². The Balaban J connectivity index is 2.14. The van der Waals surface area contributed by atoms with Crippen LogP contribution < -0.4 is 5.32 Å². The van der Waals surface area contributed by atoms with Crippen LogP contribution in [0.5, 0.6) is 0 Å². The minimum absolute atomic E-state index is 0.233. The summed E-state index contributed by atoms with van der Waals surface area (Å²) in [5.74, 6) is -0.233. The van der Waals surface area contributed by atoms with Crippen LogP contribution in [0.3, 0.4) is 0 Å². The quantitative estimate of drug-likeness (QED) is 0.579. The van der Waals surface area contributed by atoms with Gasteiger partial charge in [-0.1, -0.05) is 6.08 Å². The van der Waals surface area contributed by atoms with E-state index in [0.29, 0.717) is 19.5 Å². The highest BCUT2D eigenvalue weighted by Gasteiger charge is 2.36. The van der Waals surface area contributed by atoms with Gasteiger partial charge in [0.05, 0.1) is 0 Å². The van der Waals surface area contributed by atoms with Crippen molar-refractivity contribution in [1.82, 2.24) is 10.2 Å². The predicted octanol–water partition coefficient (Wildman–Crippen LogP) is 1.53. The molecule has 0 bridgehead atoms. The normalized spacial score (nSPS) is 30.0. The lowest BCUT2D eigenvalue weighted by atomic mass is 10.0. The molecule has 2 unspecified atom stereocenters. The second kappa shape index (κ2) is 6.10. The fourth-order valence-electron chi connectivity index (χ4n) is 2.50. The van der Waals surface area contributed by atoms with Gasteiger partial charge < -0.3 is 20.1 Å². The van der Waals surface area contributed by atoms with Crippen LogP contribution in [0.15, 0.2) is 23.9 Å². The number of halogens is 1. The topological polar surface area (TPSA) is 61.8 Å². The second-order valence-electron chi connectivity index (χ2n) is 6.46. The molecule has 6 heteroatoms. The number of carbonyl (C=O) groups excluding carboxylic acids is 1. The monoisotopic (exact) mass is 358 g/mol. The molecule has 0 aromatic carbocycles. The maximum atomic E-state index is 12.4. The second-order valence-corrected chi connectivity index (χ2v) is 7.83. The number of nitrogens with one attached hydrogen (secondary N) is 1. The van der Waals surface area contributed by atoms with Crippen molar-refractivity contribution in [2.24, 2.45) is 0 Å². The molecule has 2 rings (SSSR count). The van der Waals surface area contributed by atoms with Crippen LogP contribution in [-0.2, 0) is 9.53 Å². The fourth-order valence-corrected chi connectivity index (χ4v) is 2.94. The SMILES string of the molecule is CC(C)(C)OC(=O)C1CNCCN1C1=CC=CC(O)(Br)C1. The van der Waals surface area contributed by atoms with Crippen LogP contribution >= 0.6 is 15.9 Å². The number of piperazine rings is 1. The number of allylic oxidation sites excluding steroid dienone is 2. The third kappa shape index (κ3) is 4.56. The average molecular weight is 359 g/mol. The molecule has 1 saturated heterocycles. The molecular formula is C15H23BrN2O3. The van der Waals surface area contributed by atoms with Crippen molar-refractivity contribution < 1.29 is 14.6 Å². The number of alkyl halides is 1. The molecule has 118 valence electrons. The first kappa shape index (κ1) is 16.5. The smallest absolute Gasteiger partial charge is 0.330 e. The summed E-state index contributed by atoms with van der Waals surface area (Å²) >= 11 is 3.27. The van der Waals surface area contributed by atoms with Gasteiger partial charge in [-0.15, -0.1) is 0 Å². The molecule has 1 aliphatic heterocycles. The first-order chi connectivity index (χ1) is 9.68. The highest BCUT2D eigenvalue weighted by atomic mass is 79.9. The highest BCUT2D eigenvalue weighted by molar-refractivity contribution is 9.10. The van der Waals surface area contributed by atoms with Crippen molar-refractivity contribution >= 4 is 21.9 Å². The van der Waals surface area contributed by atoms with E-state index in [-0.39, 0.29) is 12.0 Å². The third-order valence-corrected chi connectivity index (χ3v) is 3.91. The Kier molecular flexibility index (Phi) is 4.80. The highest BCUT2D eigenvalue weighted by Crippen LogP contribution is 2.32. The lowest BCUT2D eigenvalue weighted by Crippen LogP contribution is -2.56. The Morgan fingerprint density at radius 2 is 2.29 bits per heavy atom. The fraction of sp³-hybridized carbons (Fsp3) is 0.667. The molecule has 2 N–H and O–H groups in total. The Labute approximate surface area is 134 Å². The summed E-state index contributed by atoms with van der Waals surface area (Å²) in [5.41, 5.74) is 0.436. The number of ether oxygens (including phenoxy) is 1. The maximum absolute atomic E-state index is 12.4. The Hall–Kier alpha value is -0.850. The number of carbonyl (C=O) groups is 1. The number of rotatable bonds is 2. The van der Waals surface area contributed by atoms with Crippen LogP contribution in [0.2, 0.25) is 0 Å². The van der Waals surface area contributed by atoms with Gasteiger partial charge in [-0.05, 0) is 48.9 Å². The molecule has 2 atom stereocenters. The summed E-state index contributed by atoms with van der Waals surface area (Å²) in [6, 6.07) is -0.362. The molecule has 0 spiro atoms. The maximum Gasteiger partial charge on any atom is 0.330 e. The van der Waals surface area contributed by atoms with Gasteiger partial charge >= 0.3 is 5.97 Å². The van der Waals surface area contributed by atoms with E-state index in [2.05, 4.69) is 21.2 Å². The predicted molar refractivity (Wildman–Crippen MR) is 84.9 cm³/mol. The van der Waals surface area contributed by atoms with E-state index in [1.165, 1.54) is 0 Å². The minimum atomic E-state index is -1.04. The summed E-state index contributed by atoms with van der Waals surface area (Å²) in [6.07, 6.45) is 5.88. The van der Waals surface area contributed by atoms with Gasteiger partial charge in [0.25, 0.3) is 0 Å². The number of nitrogens with zero attached hydrogens (tertiary/aromatic N) is 1. The molecule has 0 aromatic heterocycles. The largest absolute Gasteiger partial charge is 0.458 e. The zero-order valence-corrected chi connectivity index (χ0v) is 14.3. The van der Waals surface area contributed by atoms with Gasteiger partial charge in [-0.2, -0.15) is 0 Å². The minimum Gasteiger partial charge on any atom is -0.458 e. The third-order valence-electron chi connectivity index (χ3n) is 3.36. The van der Waals surface area contributed by atoms with Gasteiger partial charge in [0.15, 0.2) is 0 Å². The molecule has 0 radical (unpaired) electrons. The first-order valence-electron chi connectivity index (χ1n) is 7.18. The number of esters is 1. The van der Waals surface area contributed by atoms with Crippen molar-refractivity contribution in [3.05, 3.63) is 23.9 Å². The van der Waals surface area contributed by atoms with E-state index in [0.717, 1.165) is 12.2 Å². The lowest BCUT2D eigenvalue weighted by molar-refractivity contribution is -0.161. The van der Waals surface area contributed by atoms with Gasteiger partial charge in [-0.25, -0.2) is 4.79 Å². The van der Waals surface area contributed by atoms with Gasteiger partial charge in [0, 0.05) is 31.8 Å². The Bertz CT molecular complexity index is 466. The summed E-state index contributed by atoms with van der Waals surface area (Å²) in [5, 5.41) is 13.3. The summed E-state index contributed by atoms with van der Waals surface area (Å²) in [7, 11) is 0. The van der Waals surface area contributed by atoms with Gasteiger partial charge in [0.1, 0.15) is 16.2 Å². The zero-order chi connectivity index (χ0) is 15.7. The molecule has 1 fully saturated rings. The summed E-state index contributed by atoms with van der Waals surface area (Å²) in [6.45, 7) is 7.67. The van der Waals surface area contributed by atoms with Crippen molar-refractivity contribution in [3.8, 4) is 0 Å². The van der Waals surface area contributed by atoms with Gasteiger partial charge in [0.2, 0.25) is 0 Å². The van der Waals surface area contributed by atoms with E-state index in [4.69, 9.17) is 4.74 Å². The van der Waals surface area contributed by atoms with Crippen LogP contribution in [0.4, 0.5) is 0 Å². The molecule has 0 amide bonds. The van der Waals surface area contributed by atoms with Crippen molar-refractivity contribution in [1.29, 1.82) is 0 Å². The lowest BCUT2D eigenvalue weighted by Gasteiger charge is -2.40. The number of hydrogen-bond acceptors (Lipinski definition) is 5.